The van der Waals surface area contributed by atoms with Crippen molar-refractivity contribution in [3.63, 3.8) is 0 Å². The minimum absolute atomic E-state index is 0.503. The maximum atomic E-state index is 11.3. The molecule has 0 aromatic rings. The number of aliphatic hydroxyl groups excluding tert-OH is 4. The van der Waals surface area contributed by atoms with Gasteiger partial charge in [-0.05, 0) is 0 Å². The first kappa shape index (κ1) is 18.9. The highest BCUT2D eigenvalue weighted by molar-refractivity contribution is 6.28. The Kier molecular flexibility index (Phi) is 6.38. The van der Waals surface area contributed by atoms with Crippen LogP contribution in [0.4, 0.5) is 0 Å². The molecule has 1 rings (SSSR count). The van der Waals surface area contributed by atoms with Gasteiger partial charge in [-0.2, -0.15) is 0 Å². The first-order valence-corrected chi connectivity index (χ1v) is 6.65. The van der Waals surface area contributed by atoms with Gasteiger partial charge >= 0.3 is 5.97 Å². The number of alkyl halides is 1. The van der Waals surface area contributed by atoms with Gasteiger partial charge in [0.15, 0.2) is 0 Å². The van der Waals surface area contributed by atoms with E-state index in [0.29, 0.717) is 0 Å². The lowest BCUT2D eigenvalue weighted by Crippen LogP contribution is -2.61. The van der Waals surface area contributed by atoms with Gasteiger partial charge < -0.3 is 35.4 Å². The topological polar surface area (TPSA) is 177 Å². The predicted octanol–water partition coefficient (Wildman–Crippen LogP) is -3.17. The van der Waals surface area contributed by atoms with Crippen LogP contribution in [-0.2, 0) is 14.3 Å². The van der Waals surface area contributed by atoms with Crippen molar-refractivity contribution in [1.29, 1.82) is 0 Å². The molecule has 11 heteroatoms. The van der Waals surface area contributed by atoms with Gasteiger partial charge in [0.1, 0.15) is 30.3 Å². The van der Waals surface area contributed by atoms with Gasteiger partial charge in [-0.25, -0.2) is 9.79 Å². The summed E-state index contributed by atoms with van der Waals surface area (Å²) in [6.07, 6.45) is -8.17. The van der Waals surface area contributed by atoms with Gasteiger partial charge in [0.05, 0.1) is 12.3 Å². The zero-order chi connectivity index (χ0) is 17.1. The molecule has 10 nitrogen and oxygen atoms in total. The molecule has 0 spiro atoms. The molecule has 0 aromatic carbocycles. The average molecular weight is 342 g/mol. The Hall–Kier alpha value is -1.14. The Balaban J connectivity index is 3.22. The summed E-state index contributed by atoms with van der Waals surface area (Å²) in [5.41, 5.74) is -0.503. The van der Waals surface area contributed by atoms with E-state index in [1.165, 1.54) is 0 Å². The number of amides is 1. The van der Waals surface area contributed by atoms with E-state index < -0.39 is 66.7 Å². The van der Waals surface area contributed by atoms with Crippen LogP contribution < -0.4 is 0 Å². The van der Waals surface area contributed by atoms with Crippen molar-refractivity contribution in [1.82, 2.24) is 0 Å². The lowest BCUT2D eigenvalue weighted by molar-refractivity contribution is -0.261. The third-order valence-corrected chi connectivity index (χ3v) is 3.25. The number of aliphatic hydroxyl groups is 5. The maximum Gasteiger partial charge on any atom is 0.364 e. The van der Waals surface area contributed by atoms with Crippen LogP contribution in [0, 0.1) is 0 Å². The summed E-state index contributed by atoms with van der Waals surface area (Å²) in [6, 6.07) is 0. The minimum Gasteiger partial charge on any atom is -0.477 e. The van der Waals surface area contributed by atoms with Crippen LogP contribution in [0.2, 0.25) is 0 Å². The van der Waals surface area contributed by atoms with Gasteiger partial charge in [0, 0.05) is 6.42 Å². The van der Waals surface area contributed by atoms with Crippen LogP contribution in [0.5, 0.6) is 0 Å². The van der Waals surface area contributed by atoms with E-state index in [1.54, 1.807) is 0 Å². The van der Waals surface area contributed by atoms with Crippen molar-refractivity contribution in [2.75, 3.05) is 12.5 Å². The van der Waals surface area contributed by atoms with E-state index in [2.05, 4.69) is 4.99 Å². The average Bonchev–Trinajstić information content (AvgIpc) is 2.47. The molecule has 126 valence electrons. The molecule has 1 heterocycles. The molecule has 0 aromatic heterocycles. The molecule has 6 N–H and O–H groups in total. The number of carboxylic acid groups (broad SMARTS) is 1. The van der Waals surface area contributed by atoms with Gasteiger partial charge in [0.2, 0.25) is 0 Å². The quantitative estimate of drug-likeness (QED) is 0.281. The highest BCUT2D eigenvalue weighted by Crippen LogP contribution is 2.28. The van der Waals surface area contributed by atoms with E-state index in [9.17, 15) is 30.0 Å². The molecular formula is C11H16ClNO9. The summed E-state index contributed by atoms with van der Waals surface area (Å²) in [5.74, 6) is -6.16. The molecule has 22 heavy (non-hydrogen) atoms. The van der Waals surface area contributed by atoms with Gasteiger partial charge in [-0.15, -0.1) is 11.6 Å². The summed E-state index contributed by atoms with van der Waals surface area (Å²) >= 11 is 5.27. The zero-order valence-electron chi connectivity index (χ0n) is 11.2. The Morgan fingerprint density at radius 2 is 2.05 bits per heavy atom. The van der Waals surface area contributed by atoms with E-state index in [4.69, 9.17) is 26.6 Å². The van der Waals surface area contributed by atoms with Gasteiger partial charge in [-0.3, -0.25) is 4.79 Å². The molecule has 0 radical (unpaired) electrons. The fraction of sp³-hybridized carbons (Fsp3) is 0.727. The van der Waals surface area contributed by atoms with E-state index >= 15 is 0 Å². The van der Waals surface area contributed by atoms with E-state index in [-0.39, 0.29) is 0 Å². The molecule has 1 fully saturated rings. The number of aliphatic imine (C=N–C) groups is 1. The van der Waals surface area contributed by atoms with Crippen molar-refractivity contribution >= 4 is 29.2 Å². The number of carbonyl (C=O) groups is 2. The Bertz CT molecular complexity index is 470. The van der Waals surface area contributed by atoms with Gasteiger partial charge in [0.25, 0.3) is 11.7 Å². The Morgan fingerprint density at radius 3 is 2.50 bits per heavy atom. The Labute approximate surface area is 129 Å². The number of hydrogen-bond donors (Lipinski definition) is 6. The second kappa shape index (κ2) is 7.42. The van der Waals surface area contributed by atoms with Crippen LogP contribution >= 0.6 is 11.6 Å². The number of nitrogens with zero attached hydrogens (tertiary/aromatic N) is 1. The number of hydrogen-bond acceptors (Lipinski definition) is 8. The molecule has 1 saturated heterocycles. The molecule has 3 unspecified atom stereocenters. The van der Waals surface area contributed by atoms with Crippen LogP contribution in [0.15, 0.2) is 4.99 Å². The standard InChI is InChI=1S/C11H16ClNO9/c12-2-6(17)13-7-4(15)1-11(21,10(19)20)22-9(7)8(18)5(16)3-14/h4-5,8-9,14-16,18,21H,1-3H2,(H,19,20)/t4?,5?,8-,9?,11+/m1/s1. The van der Waals surface area contributed by atoms with E-state index in [0.717, 1.165) is 0 Å². The second-order valence-electron chi connectivity index (χ2n) is 4.65. The van der Waals surface area contributed by atoms with Crippen molar-refractivity contribution in [2.24, 2.45) is 4.99 Å². The minimum atomic E-state index is -2.86. The van der Waals surface area contributed by atoms with Crippen LogP contribution in [0.25, 0.3) is 0 Å². The lowest BCUT2D eigenvalue weighted by atomic mass is 9.91. The van der Waals surface area contributed by atoms with Crippen LogP contribution in [0.1, 0.15) is 6.42 Å². The molecule has 1 aliphatic rings. The molecule has 0 bridgehead atoms. The normalized spacial score (nSPS) is 33.5. The van der Waals surface area contributed by atoms with Crippen LogP contribution in [-0.4, -0.2) is 90.9 Å². The smallest absolute Gasteiger partial charge is 0.364 e. The molecule has 0 aliphatic carbocycles. The second-order valence-corrected chi connectivity index (χ2v) is 4.92. The number of halogens is 1. The first-order valence-electron chi connectivity index (χ1n) is 6.12. The third kappa shape index (κ3) is 3.98. The maximum absolute atomic E-state index is 11.3. The fourth-order valence-corrected chi connectivity index (χ4v) is 1.94. The Morgan fingerprint density at radius 1 is 1.45 bits per heavy atom. The van der Waals surface area contributed by atoms with Crippen molar-refractivity contribution in [3.8, 4) is 0 Å². The SMILES string of the molecule is O=C(CCl)N=C1C(O)C[C@@](O)(C(=O)O)OC1[C@H](O)C(O)CO. The summed E-state index contributed by atoms with van der Waals surface area (Å²) in [7, 11) is 0. The summed E-state index contributed by atoms with van der Waals surface area (Å²) in [5, 5.41) is 56.7. The first-order chi connectivity index (χ1) is 10.2. The lowest BCUT2D eigenvalue weighted by Gasteiger charge is -2.40. The number of carboxylic acids is 1. The molecule has 1 amide bonds. The third-order valence-electron chi connectivity index (χ3n) is 3.02. The predicted molar refractivity (Wildman–Crippen MR) is 70.3 cm³/mol. The highest BCUT2D eigenvalue weighted by Gasteiger charge is 2.52. The number of ether oxygens (including phenoxy) is 1. The number of rotatable bonds is 5. The fourth-order valence-electron chi connectivity index (χ4n) is 1.88. The largest absolute Gasteiger partial charge is 0.477 e. The number of aliphatic carboxylic acids is 1. The molecule has 5 atom stereocenters. The van der Waals surface area contributed by atoms with Crippen molar-refractivity contribution < 1.29 is 45.0 Å². The van der Waals surface area contributed by atoms with Crippen molar-refractivity contribution in [2.45, 2.75) is 36.6 Å². The summed E-state index contributed by atoms with van der Waals surface area (Å²) < 4.78 is 4.80. The summed E-state index contributed by atoms with van der Waals surface area (Å²) in [4.78, 5) is 25.7. The highest BCUT2D eigenvalue weighted by atomic mass is 35.5. The summed E-state index contributed by atoms with van der Waals surface area (Å²) in [6.45, 7) is -0.917. The van der Waals surface area contributed by atoms with Crippen molar-refractivity contribution in [3.05, 3.63) is 0 Å². The monoisotopic (exact) mass is 341 g/mol. The number of carbonyl (C=O) groups excluding carboxylic acids is 1. The zero-order valence-corrected chi connectivity index (χ0v) is 11.9. The van der Waals surface area contributed by atoms with Crippen LogP contribution in [0.3, 0.4) is 0 Å². The van der Waals surface area contributed by atoms with Gasteiger partial charge in [-0.1, -0.05) is 0 Å². The molecule has 0 saturated carbocycles. The molecular weight excluding hydrogens is 326 g/mol. The molecule has 1 aliphatic heterocycles. The van der Waals surface area contributed by atoms with E-state index in [1.807, 2.05) is 0 Å².